The highest BCUT2D eigenvalue weighted by Crippen LogP contribution is 2.24. The van der Waals surface area contributed by atoms with Crippen molar-refractivity contribution in [3.05, 3.63) is 24.3 Å². The van der Waals surface area contributed by atoms with Gasteiger partial charge in [-0.3, -0.25) is 9.69 Å². The third-order valence-electron chi connectivity index (χ3n) is 4.22. The second-order valence-electron chi connectivity index (χ2n) is 6.02. The Labute approximate surface area is 121 Å². The van der Waals surface area contributed by atoms with Gasteiger partial charge in [0.2, 0.25) is 5.91 Å². The molecule has 3 N–H and O–H groups in total. The lowest BCUT2D eigenvalue weighted by molar-refractivity contribution is -0.122. The van der Waals surface area contributed by atoms with Crippen LogP contribution in [-0.4, -0.2) is 29.4 Å². The highest BCUT2D eigenvalue weighted by atomic mass is 16.2. The molecule has 4 heteroatoms. The van der Waals surface area contributed by atoms with Gasteiger partial charge in [0.25, 0.3) is 0 Å². The Morgan fingerprint density at radius 1 is 1.30 bits per heavy atom. The van der Waals surface area contributed by atoms with Gasteiger partial charge in [0.15, 0.2) is 0 Å². The van der Waals surface area contributed by atoms with Crippen LogP contribution in [0.5, 0.6) is 0 Å². The Balaban J connectivity index is 1.99. The summed E-state index contributed by atoms with van der Waals surface area (Å²) in [4.78, 5) is 14.7. The molecule has 1 aliphatic rings. The predicted octanol–water partition coefficient (Wildman–Crippen LogP) is 2.72. The van der Waals surface area contributed by atoms with Crippen LogP contribution in [0.15, 0.2) is 24.3 Å². The van der Waals surface area contributed by atoms with Crippen LogP contribution in [0.2, 0.25) is 0 Å². The number of nitrogens with one attached hydrogen (secondary N) is 1. The fourth-order valence-corrected chi connectivity index (χ4v) is 2.83. The number of rotatable bonds is 3. The van der Waals surface area contributed by atoms with Crippen molar-refractivity contribution >= 4 is 17.3 Å². The lowest BCUT2D eigenvalue weighted by Gasteiger charge is -2.40. The average Bonchev–Trinajstić information content (AvgIpc) is 2.43. The van der Waals surface area contributed by atoms with Crippen molar-refractivity contribution in [1.82, 2.24) is 4.90 Å². The number of carbonyl (C=O) groups is 1. The minimum absolute atomic E-state index is 0.0516. The molecule has 1 aliphatic heterocycles. The van der Waals surface area contributed by atoms with Gasteiger partial charge in [-0.05, 0) is 56.9 Å². The van der Waals surface area contributed by atoms with Crippen LogP contribution in [0.3, 0.4) is 0 Å². The summed E-state index contributed by atoms with van der Waals surface area (Å²) in [6, 6.07) is 7.63. The first kappa shape index (κ1) is 14.9. The van der Waals surface area contributed by atoms with Crippen molar-refractivity contribution < 1.29 is 4.79 Å². The third-order valence-corrected chi connectivity index (χ3v) is 4.22. The number of nitrogen functional groups attached to an aromatic ring is 1. The van der Waals surface area contributed by atoms with Gasteiger partial charge < -0.3 is 11.1 Å². The van der Waals surface area contributed by atoms with E-state index in [0.717, 1.165) is 12.2 Å². The molecule has 0 aliphatic carbocycles. The SMILES string of the molecule is CC1CCC(C)N(C(C)C(=O)Nc2ccc(N)cc2)C1. The molecule has 2 rings (SSSR count). The zero-order chi connectivity index (χ0) is 14.7. The predicted molar refractivity (Wildman–Crippen MR) is 83.5 cm³/mol. The van der Waals surface area contributed by atoms with E-state index < -0.39 is 0 Å². The Bertz CT molecular complexity index is 457. The van der Waals surface area contributed by atoms with Crippen molar-refractivity contribution in [3.63, 3.8) is 0 Å². The maximum Gasteiger partial charge on any atom is 0.241 e. The summed E-state index contributed by atoms with van der Waals surface area (Å²) in [7, 11) is 0. The van der Waals surface area contributed by atoms with E-state index in [0.29, 0.717) is 17.6 Å². The fraction of sp³-hybridized carbons (Fsp3) is 0.562. The van der Waals surface area contributed by atoms with E-state index in [-0.39, 0.29) is 11.9 Å². The Morgan fingerprint density at radius 3 is 2.60 bits per heavy atom. The van der Waals surface area contributed by atoms with E-state index in [1.165, 1.54) is 12.8 Å². The molecule has 1 fully saturated rings. The van der Waals surface area contributed by atoms with E-state index in [1.54, 1.807) is 12.1 Å². The average molecular weight is 275 g/mol. The van der Waals surface area contributed by atoms with E-state index in [4.69, 9.17) is 5.73 Å². The fourth-order valence-electron chi connectivity index (χ4n) is 2.83. The summed E-state index contributed by atoms with van der Waals surface area (Å²) in [6.07, 6.45) is 2.42. The first-order valence-electron chi connectivity index (χ1n) is 7.39. The van der Waals surface area contributed by atoms with E-state index in [9.17, 15) is 4.79 Å². The molecule has 110 valence electrons. The number of nitrogens with two attached hydrogens (primary N) is 1. The standard InChI is InChI=1S/C16H25N3O/c1-11-4-5-12(2)19(10-11)13(3)16(20)18-15-8-6-14(17)7-9-15/h6-9,11-13H,4-5,10,17H2,1-3H3,(H,18,20). The second-order valence-corrected chi connectivity index (χ2v) is 6.02. The van der Waals surface area contributed by atoms with Gasteiger partial charge in [0.1, 0.15) is 0 Å². The minimum Gasteiger partial charge on any atom is -0.399 e. The summed E-state index contributed by atoms with van der Waals surface area (Å²) in [5, 5.41) is 2.97. The minimum atomic E-state index is -0.106. The van der Waals surface area contributed by atoms with E-state index in [1.807, 2.05) is 19.1 Å². The Hall–Kier alpha value is -1.55. The molecule has 0 radical (unpaired) electrons. The molecule has 1 heterocycles. The lowest BCUT2D eigenvalue weighted by Crippen LogP contribution is -2.50. The number of benzene rings is 1. The summed E-state index contributed by atoms with van der Waals surface area (Å²) >= 11 is 0. The van der Waals surface area contributed by atoms with Crippen LogP contribution in [0.1, 0.15) is 33.6 Å². The van der Waals surface area contributed by atoms with Crippen LogP contribution in [0.25, 0.3) is 0 Å². The van der Waals surface area contributed by atoms with Gasteiger partial charge in [-0.15, -0.1) is 0 Å². The molecular formula is C16H25N3O. The topological polar surface area (TPSA) is 58.4 Å². The molecule has 3 atom stereocenters. The zero-order valence-electron chi connectivity index (χ0n) is 12.6. The zero-order valence-corrected chi connectivity index (χ0v) is 12.6. The number of nitrogens with zero attached hydrogens (tertiary/aromatic N) is 1. The molecule has 0 bridgehead atoms. The lowest BCUT2D eigenvalue weighted by atomic mass is 9.93. The highest BCUT2D eigenvalue weighted by Gasteiger charge is 2.30. The molecule has 4 nitrogen and oxygen atoms in total. The van der Waals surface area contributed by atoms with Crippen molar-refractivity contribution in [2.45, 2.75) is 45.7 Å². The van der Waals surface area contributed by atoms with Crippen LogP contribution >= 0.6 is 0 Å². The quantitative estimate of drug-likeness (QED) is 0.834. The molecule has 20 heavy (non-hydrogen) atoms. The van der Waals surface area contributed by atoms with E-state index in [2.05, 4.69) is 24.1 Å². The largest absolute Gasteiger partial charge is 0.399 e. The van der Waals surface area contributed by atoms with Crippen molar-refractivity contribution in [2.75, 3.05) is 17.6 Å². The summed E-state index contributed by atoms with van der Waals surface area (Å²) in [6.45, 7) is 7.45. The number of anilines is 2. The number of amides is 1. The number of piperidine rings is 1. The maximum absolute atomic E-state index is 12.4. The first-order valence-corrected chi connectivity index (χ1v) is 7.39. The van der Waals surface area contributed by atoms with Gasteiger partial charge in [-0.1, -0.05) is 6.92 Å². The number of hydrogen-bond acceptors (Lipinski definition) is 3. The highest BCUT2D eigenvalue weighted by molar-refractivity contribution is 5.94. The molecule has 0 aromatic heterocycles. The molecule has 0 saturated carbocycles. The van der Waals surface area contributed by atoms with Gasteiger partial charge in [0.05, 0.1) is 6.04 Å². The van der Waals surface area contributed by atoms with Gasteiger partial charge >= 0.3 is 0 Å². The monoisotopic (exact) mass is 275 g/mol. The first-order chi connectivity index (χ1) is 9.47. The molecule has 1 amide bonds. The van der Waals surface area contributed by atoms with Crippen molar-refractivity contribution in [3.8, 4) is 0 Å². The Kier molecular flexibility index (Phi) is 4.65. The van der Waals surface area contributed by atoms with Crippen LogP contribution < -0.4 is 11.1 Å². The Morgan fingerprint density at radius 2 is 1.95 bits per heavy atom. The van der Waals surface area contributed by atoms with Crippen LogP contribution in [-0.2, 0) is 4.79 Å². The van der Waals surface area contributed by atoms with Crippen molar-refractivity contribution in [2.24, 2.45) is 5.92 Å². The third kappa shape index (κ3) is 3.51. The summed E-state index contributed by atoms with van der Waals surface area (Å²) in [5.74, 6) is 0.716. The molecule has 3 unspecified atom stereocenters. The number of hydrogen-bond donors (Lipinski definition) is 2. The maximum atomic E-state index is 12.4. The van der Waals surface area contributed by atoms with E-state index >= 15 is 0 Å². The smallest absolute Gasteiger partial charge is 0.241 e. The normalized spacial score (nSPS) is 25.1. The van der Waals surface area contributed by atoms with Gasteiger partial charge in [0, 0.05) is 24.0 Å². The molecule has 1 aromatic rings. The molecule has 1 saturated heterocycles. The summed E-state index contributed by atoms with van der Waals surface area (Å²) in [5.41, 5.74) is 7.15. The van der Waals surface area contributed by atoms with Gasteiger partial charge in [-0.25, -0.2) is 0 Å². The second kappa shape index (κ2) is 6.27. The van der Waals surface area contributed by atoms with Gasteiger partial charge in [-0.2, -0.15) is 0 Å². The van der Waals surface area contributed by atoms with Crippen LogP contribution in [0, 0.1) is 5.92 Å². The van der Waals surface area contributed by atoms with Crippen molar-refractivity contribution in [1.29, 1.82) is 0 Å². The molecule has 0 spiro atoms. The van der Waals surface area contributed by atoms with Crippen LogP contribution in [0.4, 0.5) is 11.4 Å². The molecule has 1 aromatic carbocycles. The number of likely N-dealkylation sites (tertiary alicyclic amines) is 1. The summed E-state index contributed by atoms with van der Waals surface area (Å²) < 4.78 is 0. The number of carbonyl (C=O) groups excluding carboxylic acids is 1. The molecular weight excluding hydrogens is 250 g/mol.